The summed E-state index contributed by atoms with van der Waals surface area (Å²) in [5.74, 6) is 51.3. The van der Waals surface area contributed by atoms with E-state index in [0.29, 0.717) is 13.2 Å². The van der Waals surface area contributed by atoms with Gasteiger partial charge in [-0.3, -0.25) is 0 Å². The van der Waals surface area contributed by atoms with E-state index in [1.807, 2.05) is 121 Å². The van der Waals surface area contributed by atoms with Crippen LogP contribution in [-0.2, 0) is 18.9 Å². The molecule has 0 radical (unpaired) electrons. The summed E-state index contributed by atoms with van der Waals surface area (Å²) in [5, 5.41) is 10.8. The van der Waals surface area contributed by atoms with Crippen LogP contribution in [0.15, 0.2) is 194 Å². The summed E-state index contributed by atoms with van der Waals surface area (Å²) >= 11 is 0. The van der Waals surface area contributed by atoms with E-state index in [9.17, 15) is 0 Å². The molecule has 0 saturated carbocycles. The molecule has 368 valence electrons. The van der Waals surface area contributed by atoms with Crippen molar-refractivity contribution in [3.63, 3.8) is 0 Å². The molecular formula is C74H48O4. The summed E-state index contributed by atoms with van der Waals surface area (Å²) in [5.41, 5.74) is 7.45. The second-order valence-corrected chi connectivity index (χ2v) is 17.6. The van der Waals surface area contributed by atoms with E-state index in [1.54, 1.807) is 0 Å². The summed E-state index contributed by atoms with van der Waals surface area (Å²) in [6, 6.07) is 65.2. The largest absolute Gasteiger partial charge is 0.356 e. The second kappa shape index (κ2) is 26.9. The van der Waals surface area contributed by atoms with Crippen LogP contribution in [0, 0.1) is 94.7 Å². The Morgan fingerprint density at radius 2 is 0.359 bits per heavy atom. The molecule has 10 aromatic carbocycles. The summed E-state index contributed by atoms with van der Waals surface area (Å²) in [6.45, 7) is 2.15. The van der Waals surface area contributed by atoms with Crippen LogP contribution in [0.4, 0.5) is 0 Å². The van der Waals surface area contributed by atoms with Crippen LogP contribution in [-0.4, -0.2) is 52.9 Å². The maximum absolute atomic E-state index is 5.82. The molecule has 0 unspecified atom stereocenters. The zero-order chi connectivity index (χ0) is 52.8. The topological polar surface area (TPSA) is 36.9 Å². The monoisotopic (exact) mass is 1000 g/mol. The molecule has 0 fully saturated rings. The Labute approximate surface area is 456 Å². The van der Waals surface area contributed by atoms with Crippen LogP contribution >= 0.6 is 0 Å². The Bertz CT molecular complexity index is 4110. The van der Waals surface area contributed by atoms with Crippen LogP contribution in [0.2, 0.25) is 0 Å². The SMILES string of the molecule is C(#Cc1cccc2ccccc12)COCC#Cc1ccc(C#CCOCC#Cc2ccc(C#CCOCC#Cc3ccc(C#CCOCC#Cc4cccc5ccccc45)c4ccccc34)c3ccccc23)c2ccccc12. The number of benzene rings is 10. The first-order valence-electron chi connectivity index (χ1n) is 25.5. The van der Waals surface area contributed by atoms with Gasteiger partial charge in [0, 0.05) is 44.5 Å². The Hall–Kier alpha value is -10.2. The van der Waals surface area contributed by atoms with Gasteiger partial charge in [-0.1, -0.05) is 240 Å². The lowest BCUT2D eigenvalue weighted by atomic mass is 10.00. The van der Waals surface area contributed by atoms with Crippen molar-refractivity contribution in [3.05, 3.63) is 239 Å². The standard InChI is InChI=1S/C74H48O4/c1-3-35-67-57(21-1)23-11-25-59(67)27-13-49-75-51-15-29-61-43-45-63(71-39-7-5-37-69(61)71)31-17-53-77-55-19-33-65-47-48-66(74-42-10-9-41-73(65)74)34-20-56-78-54-18-32-64-46-44-62(70-38-6-8-40-72(64)70)30-16-52-76-50-14-28-60-26-12-24-58-22-2-4-36-68(58)60/h1-12,21-26,35-48H,49-56H2. The van der Waals surface area contributed by atoms with Crippen LogP contribution in [0.1, 0.15) is 44.5 Å². The molecule has 0 bridgehead atoms. The van der Waals surface area contributed by atoms with E-state index in [1.165, 1.54) is 10.8 Å². The highest BCUT2D eigenvalue weighted by Gasteiger charge is 2.06. The van der Waals surface area contributed by atoms with Gasteiger partial charge >= 0.3 is 0 Å². The zero-order valence-corrected chi connectivity index (χ0v) is 42.8. The molecule has 0 aliphatic heterocycles. The van der Waals surface area contributed by atoms with E-state index in [0.717, 1.165) is 87.6 Å². The van der Waals surface area contributed by atoms with Gasteiger partial charge in [0.2, 0.25) is 0 Å². The van der Waals surface area contributed by atoms with Crippen LogP contribution < -0.4 is 0 Å². The predicted molar refractivity (Wildman–Crippen MR) is 318 cm³/mol. The Morgan fingerprint density at radius 1 is 0.179 bits per heavy atom. The van der Waals surface area contributed by atoms with Crippen molar-refractivity contribution < 1.29 is 18.9 Å². The molecule has 0 aliphatic rings. The van der Waals surface area contributed by atoms with Crippen molar-refractivity contribution in [2.75, 3.05) is 52.9 Å². The maximum Gasteiger partial charge on any atom is 0.109 e. The predicted octanol–water partition coefficient (Wildman–Crippen LogP) is 13.1. The van der Waals surface area contributed by atoms with E-state index < -0.39 is 0 Å². The van der Waals surface area contributed by atoms with Gasteiger partial charge in [0.15, 0.2) is 0 Å². The average Bonchev–Trinajstić information content (AvgIpc) is 3.53. The summed E-state index contributed by atoms with van der Waals surface area (Å²) in [6.07, 6.45) is 0. The molecule has 0 saturated heterocycles. The van der Waals surface area contributed by atoms with Crippen molar-refractivity contribution in [1.29, 1.82) is 0 Å². The maximum atomic E-state index is 5.82. The minimum absolute atomic E-state index is 0.245. The average molecular weight is 1000 g/mol. The summed E-state index contributed by atoms with van der Waals surface area (Å²) < 4.78 is 23.1. The molecule has 0 spiro atoms. The van der Waals surface area contributed by atoms with Crippen molar-refractivity contribution in [2.45, 2.75) is 0 Å². The molecule has 0 heterocycles. The second-order valence-electron chi connectivity index (χ2n) is 17.6. The lowest BCUT2D eigenvalue weighted by Gasteiger charge is -2.04. The smallest absolute Gasteiger partial charge is 0.109 e. The zero-order valence-electron chi connectivity index (χ0n) is 42.8. The molecule has 0 amide bonds. The molecule has 78 heavy (non-hydrogen) atoms. The highest BCUT2D eigenvalue weighted by atomic mass is 16.5. The van der Waals surface area contributed by atoms with Crippen molar-refractivity contribution in [1.82, 2.24) is 0 Å². The molecule has 0 aromatic heterocycles. The third-order valence-electron chi connectivity index (χ3n) is 12.5. The first-order valence-corrected chi connectivity index (χ1v) is 25.5. The first kappa shape index (κ1) is 51.3. The van der Waals surface area contributed by atoms with Crippen LogP contribution in [0.3, 0.4) is 0 Å². The van der Waals surface area contributed by atoms with Gasteiger partial charge in [-0.15, -0.1) is 0 Å². The Balaban J connectivity index is 0.674. The van der Waals surface area contributed by atoms with Gasteiger partial charge in [-0.2, -0.15) is 0 Å². The summed E-state index contributed by atoms with van der Waals surface area (Å²) in [7, 11) is 0. The number of fused-ring (bicyclic) bond motifs is 5. The highest BCUT2D eigenvalue weighted by molar-refractivity contribution is 5.95. The minimum Gasteiger partial charge on any atom is -0.356 e. The third kappa shape index (κ3) is 13.4. The van der Waals surface area contributed by atoms with Gasteiger partial charge in [0.25, 0.3) is 0 Å². The quantitative estimate of drug-likeness (QED) is 0.112. The van der Waals surface area contributed by atoms with Crippen LogP contribution in [0.25, 0.3) is 53.9 Å². The fraction of sp³-hybridized carbons (Fsp3) is 0.108. The van der Waals surface area contributed by atoms with Gasteiger partial charge in [-0.25, -0.2) is 0 Å². The third-order valence-corrected chi connectivity index (χ3v) is 12.5. The molecule has 10 rings (SSSR count). The Morgan fingerprint density at radius 3 is 0.590 bits per heavy atom. The number of ether oxygens (including phenoxy) is 4. The van der Waals surface area contributed by atoms with Gasteiger partial charge < -0.3 is 18.9 Å². The first-order chi connectivity index (χ1) is 38.8. The fourth-order valence-corrected chi connectivity index (χ4v) is 8.88. The van der Waals surface area contributed by atoms with E-state index in [2.05, 4.69) is 168 Å². The van der Waals surface area contributed by atoms with Gasteiger partial charge in [-0.05, 0) is 102 Å². The lowest BCUT2D eigenvalue weighted by Crippen LogP contribution is -1.93. The lowest BCUT2D eigenvalue weighted by molar-refractivity contribution is 0.204. The molecule has 4 nitrogen and oxygen atoms in total. The van der Waals surface area contributed by atoms with Gasteiger partial charge in [0.1, 0.15) is 52.9 Å². The molecule has 0 N–H and O–H groups in total. The van der Waals surface area contributed by atoms with E-state index in [4.69, 9.17) is 18.9 Å². The molecular weight excluding hydrogens is 953 g/mol. The van der Waals surface area contributed by atoms with Crippen molar-refractivity contribution in [3.8, 4) is 94.7 Å². The highest BCUT2D eigenvalue weighted by Crippen LogP contribution is 2.25. The summed E-state index contributed by atoms with van der Waals surface area (Å²) in [4.78, 5) is 0. The Kier molecular flexibility index (Phi) is 17.7. The molecule has 10 aromatic rings. The fourth-order valence-electron chi connectivity index (χ4n) is 8.88. The van der Waals surface area contributed by atoms with Gasteiger partial charge in [0.05, 0.1) is 0 Å². The van der Waals surface area contributed by atoms with E-state index >= 15 is 0 Å². The minimum atomic E-state index is 0.245. The van der Waals surface area contributed by atoms with Crippen molar-refractivity contribution in [2.24, 2.45) is 0 Å². The molecule has 4 heteroatoms. The number of hydrogen-bond acceptors (Lipinski definition) is 4. The number of rotatable bonds is 8. The molecule has 0 atom stereocenters. The van der Waals surface area contributed by atoms with Crippen LogP contribution in [0.5, 0.6) is 0 Å². The normalized spacial score (nSPS) is 10.1. The van der Waals surface area contributed by atoms with Crippen molar-refractivity contribution >= 4 is 53.9 Å². The number of hydrogen-bond donors (Lipinski definition) is 0. The molecule has 0 aliphatic carbocycles. The van der Waals surface area contributed by atoms with E-state index in [-0.39, 0.29) is 39.6 Å².